The molecule has 0 spiro atoms. The van der Waals surface area contributed by atoms with Gasteiger partial charge < -0.3 is 10.1 Å². The third-order valence-electron chi connectivity index (χ3n) is 5.33. The SMILES string of the molecule is CCOC(=O)c1nn(-c2ccc(C(C)C)cc2)c(=O)c2c(NC(=O)c3ccc(Cl)cc3Cl)scc12. The zero-order chi connectivity index (χ0) is 25.3. The second-order valence-corrected chi connectivity index (χ2v) is 9.69. The van der Waals surface area contributed by atoms with Gasteiger partial charge in [-0.05, 0) is 48.7 Å². The van der Waals surface area contributed by atoms with Gasteiger partial charge in [-0.1, -0.05) is 49.2 Å². The van der Waals surface area contributed by atoms with Gasteiger partial charge in [-0.2, -0.15) is 9.78 Å². The highest BCUT2D eigenvalue weighted by atomic mass is 35.5. The highest BCUT2D eigenvalue weighted by Gasteiger charge is 2.24. The summed E-state index contributed by atoms with van der Waals surface area (Å²) in [6, 6.07) is 11.8. The zero-order valence-corrected chi connectivity index (χ0v) is 21.4. The first kappa shape index (κ1) is 24.9. The van der Waals surface area contributed by atoms with Crippen molar-refractivity contribution in [3.8, 4) is 5.69 Å². The van der Waals surface area contributed by atoms with Crippen LogP contribution in [0.2, 0.25) is 10.0 Å². The van der Waals surface area contributed by atoms with Gasteiger partial charge in [0.2, 0.25) is 0 Å². The molecule has 7 nitrogen and oxygen atoms in total. The van der Waals surface area contributed by atoms with Crippen LogP contribution < -0.4 is 10.9 Å². The van der Waals surface area contributed by atoms with Crippen LogP contribution in [0.3, 0.4) is 0 Å². The third kappa shape index (κ3) is 4.96. The number of fused-ring (bicyclic) bond motifs is 1. The summed E-state index contributed by atoms with van der Waals surface area (Å²) in [5.41, 5.74) is 1.27. The molecule has 0 atom stereocenters. The van der Waals surface area contributed by atoms with Crippen molar-refractivity contribution in [1.82, 2.24) is 9.78 Å². The topological polar surface area (TPSA) is 90.3 Å². The molecular formula is C25H21Cl2N3O4S. The molecule has 0 fully saturated rings. The largest absolute Gasteiger partial charge is 0.461 e. The van der Waals surface area contributed by atoms with E-state index in [9.17, 15) is 14.4 Å². The number of ether oxygens (including phenoxy) is 1. The molecule has 0 saturated carbocycles. The van der Waals surface area contributed by atoms with E-state index < -0.39 is 17.4 Å². The number of thiophene rings is 1. The molecule has 0 aliphatic rings. The number of nitrogens with one attached hydrogen (secondary N) is 1. The number of benzene rings is 2. The second kappa shape index (κ2) is 10.2. The van der Waals surface area contributed by atoms with Crippen molar-refractivity contribution >= 4 is 62.2 Å². The molecule has 35 heavy (non-hydrogen) atoms. The normalized spacial score (nSPS) is 11.1. The van der Waals surface area contributed by atoms with Gasteiger partial charge in [-0.15, -0.1) is 11.3 Å². The van der Waals surface area contributed by atoms with Crippen molar-refractivity contribution in [3.63, 3.8) is 0 Å². The summed E-state index contributed by atoms with van der Waals surface area (Å²) in [5.74, 6) is -0.872. The number of rotatable bonds is 6. The van der Waals surface area contributed by atoms with Crippen molar-refractivity contribution in [2.75, 3.05) is 11.9 Å². The minimum absolute atomic E-state index is 0.0179. The van der Waals surface area contributed by atoms with E-state index in [1.807, 2.05) is 12.1 Å². The molecule has 4 aromatic rings. The van der Waals surface area contributed by atoms with Crippen LogP contribution in [0.4, 0.5) is 5.00 Å². The maximum absolute atomic E-state index is 13.6. The number of anilines is 1. The molecule has 1 amide bonds. The van der Waals surface area contributed by atoms with Gasteiger partial charge in [0, 0.05) is 15.8 Å². The van der Waals surface area contributed by atoms with Crippen molar-refractivity contribution in [3.05, 3.63) is 85.1 Å². The van der Waals surface area contributed by atoms with Crippen molar-refractivity contribution in [1.29, 1.82) is 0 Å². The Balaban J connectivity index is 1.86. The molecule has 0 saturated heterocycles. The predicted octanol–water partition coefficient (Wildman–Crippen LogP) is 6.31. The standard InChI is InChI=1S/C25H21Cl2N3O4S/c1-4-34-25(33)21-18-12-35-23(28-22(31)17-10-7-15(26)11-19(17)27)20(18)24(32)30(29-21)16-8-5-14(6-9-16)13(2)3/h5-13H,4H2,1-3H3,(H,28,31). The Hall–Kier alpha value is -3.20. The van der Waals surface area contributed by atoms with Crippen molar-refractivity contribution in [2.45, 2.75) is 26.7 Å². The highest BCUT2D eigenvalue weighted by Crippen LogP contribution is 2.32. The molecule has 0 aliphatic heterocycles. The summed E-state index contributed by atoms with van der Waals surface area (Å²) in [4.78, 5) is 39.2. The van der Waals surface area contributed by atoms with Crippen LogP contribution in [0.5, 0.6) is 0 Å². The average Bonchev–Trinajstić information content (AvgIpc) is 3.23. The first-order chi connectivity index (χ1) is 16.7. The van der Waals surface area contributed by atoms with Crippen molar-refractivity contribution < 1.29 is 14.3 Å². The Morgan fingerprint density at radius 2 is 1.86 bits per heavy atom. The molecule has 1 N–H and O–H groups in total. The summed E-state index contributed by atoms with van der Waals surface area (Å²) >= 11 is 13.2. The van der Waals surface area contributed by atoms with Gasteiger partial charge in [-0.3, -0.25) is 9.59 Å². The second-order valence-electron chi connectivity index (χ2n) is 7.96. The minimum atomic E-state index is -0.665. The van der Waals surface area contributed by atoms with Gasteiger partial charge >= 0.3 is 5.97 Å². The predicted molar refractivity (Wildman–Crippen MR) is 140 cm³/mol. The van der Waals surface area contributed by atoms with Crippen LogP contribution in [0.25, 0.3) is 16.5 Å². The number of carbonyl (C=O) groups excluding carboxylic acids is 2. The smallest absolute Gasteiger partial charge is 0.359 e. The van der Waals surface area contributed by atoms with E-state index in [-0.39, 0.29) is 33.3 Å². The first-order valence-corrected chi connectivity index (χ1v) is 12.4. The molecular weight excluding hydrogens is 509 g/mol. The molecule has 2 heterocycles. The maximum Gasteiger partial charge on any atom is 0.359 e. The number of carbonyl (C=O) groups is 2. The number of nitrogens with zero attached hydrogens (tertiary/aromatic N) is 2. The fourth-order valence-corrected chi connectivity index (χ4v) is 4.94. The lowest BCUT2D eigenvalue weighted by atomic mass is 10.0. The third-order valence-corrected chi connectivity index (χ3v) is 6.77. The number of esters is 1. The molecule has 10 heteroatoms. The number of aromatic nitrogens is 2. The minimum Gasteiger partial charge on any atom is -0.461 e. The van der Waals surface area contributed by atoms with Gasteiger partial charge in [0.05, 0.1) is 28.3 Å². The van der Waals surface area contributed by atoms with E-state index in [0.29, 0.717) is 22.0 Å². The number of amides is 1. The van der Waals surface area contributed by atoms with Crippen LogP contribution in [-0.4, -0.2) is 28.3 Å². The first-order valence-electron chi connectivity index (χ1n) is 10.8. The Labute approximate surface area is 215 Å². The zero-order valence-electron chi connectivity index (χ0n) is 19.1. The Morgan fingerprint density at radius 1 is 1.14 bits per heavy atom. The van der Waals surface area contributed by atoms with Gasteiger partial charge in [0.1, 0.15) is 5.00 Å². The molecule has 0 unspecified atom stereocenters. The van der Waals surface area contributed by atoms with E-state index in [4.69, 9.17) is 27.9 Å². The Bertz CT molecular complexity index is 1490. The van der Waals surface area contributed by atoms with E-state index >= 15 is 0 Å². The van der Waals surface area contributed by atoms with Gasteiger partial charge in [-0.25, -0.2) is 4.79 Å². The summed E-state index contributed by atoms with van der Waals surface area (Å²) < 4.78 is 6.32. The molecule has 4 rings (SSSR count). The Morgan fingerprint density at radius 3 is 2.49 bits per heavy atom. The van der Waals surface area contributed by atoms with Crippen LogP contribution in [0, 0.1) is 0 Å². The Kier molecular flexibility index (Phi) is 7.25. The molecule has 0 radical (unpaired) electrons. The van der Waals surface area contributed by atoms with Crippen molar-refractivity contribution in [2.24, 2.45) is 0 Å². The maximum atomic E-state index is 13.6. The lowest BCUT2D eigenvalue weighted by Gasteiger charge is -2.11. The molecule has 2 aromatic carbocycles. The number of hydrogen-bond donors (Lipinski definition) is 1. The van der Waals surface area contributed by atoms with E-state index in [1.54, 1.807) is 30.5 Å². The summed E-state index contributed by atoms with van der Waals surface area (Å²) in [5, 5.41) is 9.95. The van der Waals surface area contributed by atoms with E-state index in [0.717, 1.165) is 21.6 Å². The lowest BCUT2D eigenvalue weighted by molar-refractivity contribution is 0.0520. The van der Waals surface area contributed by atoms with Gasteiger partial charge in [0.25, 0.3) is 11.5 Å². The molecule has 0 aliphatic carbocycles. The van der Waals surface area contributed by atoms with Crippen LogP contribution in [0.15, 0.2) is 52.6 Å². The van der Waals surface area contributed by atoms with Gasteiger partial charge in [0.15, 0.2) is 5.69 Å². The monoisotopic (exact) mass is 529 g/mol. The molecule has 2 aromatic heterocycles. The lowest BCUT2D eigenvalue weighted by Crippen LogP contribution is -2.25. The fourth-order valence-electron chi connectivity index (χ4n) is 3.51. The highest BCUT2D eigenvalue weighted by molar-refractivity contribution is 7.16. The number of hydrogen-bond acceptors (Lipinski definition) is 6. The molecule has 0 bridgehead atoms. The van der Waals surface area contributed by atoms with Crippen LogP contribution in [-0.2, 0) is 4.74 Å². The summed E-state index contributed by atoms with van der Waals surface area (Å²) in [6.45, 7) is 5.97. The van der Waals surface area contributed by atoms with E-state index in [2.05, 4.69) is 24.3 Å². The average molecular weight is 530 g/mol. The fraction of sp³-hybridized carbons (Fsp3) is 0.200. The number of halogens is 2. The molecule has 180 valence electrons. The summed E-state index contributed by atoms with van der Waals surface area (Å²) in [6.07, 6.45) is 0. The van der Waals surface area contributed by atoms with E-state index in [1.165, 1.54) is 12.1 Å². The van der Waals surface area contributed by atoms with Crippen LogP contribution >= 0.6 is 34.5 Å². The summed E-state index contributed by atoms with van der Waals surface area (Å²) in [7, 11) is 0. The quantitative estimate of drug-likeness (QED) is 0.295. The van der Waals surface area contributed by atoms with Crippen LogP contribution in [0.1, 0.15) is 53.1 Å².